The van der Waals surface area contributed by atoms with Gasteiger partial charge in [0.05, 0.1) is 0 Å². The fourth-order valence-electron chi connectivity index (χ4n) is 2.21. The molecular formula is C12H20N4. The summed E-state index contributed by atoms with van der Waals surface area (Å²) in [6, 6.07) is 1.93. The molecule has 1 aromatic heterocycles. The van der Waals surface area contributed by atoms with Crippen molar-refractivity contribution in [2.75, 3.05) is 18.4 Å². The molecule has 16 heavy (non-hydrogen) atoms. The van der Waals surface area contributed by atoms with Gasteiger partial charge in [0, 0.05) is 19.2 Å². The Labute approximate surface area is 96.7 Å². The Kier molecular flexibility index (Phi) is 4.10. The van der Waals surface area contributed by atoms with Gasteiger partial charge in [0.2, 0.25) is 0 Å². The lowest BCUT2D eigenvalue weighted by Gasteiger charge is -2.11. The third-order valence-corrected chi connectivity index (χ3v) is 3.12. The van der Waals surface area contributed by atoms with Crippen LogP contribution >= 0.6 is 0 Å². The van der Waals surface area contributed by atoms with Crippen LogP contribution < -0.4 is 11.1 Å². The minimum Gasteiger partial charge on any atom is -0.370 e. The molecule has 88 valence electrons. The highest BCUT2D eigenvalue weighted by Crippen LogP contribution is 2.24. The minimum atomic E-state index is 0.603. The van der Waals surface area contributed by atoms with Crippen molar-refractivity contribution < 1.29 is 0 Å². The molecule has 1 heterocycles. The normalized spacial score (nSPS) is 16.6. The van der Waals surface area contributed by atoms with Crippen molar-refractivity contribution >= 4 is 5.82 Å². The lowest BCUT2D eigenvalue weighted by Crippen LogP contribution is -2.13. The van der Waals surface area contributed by atoms with Crippen molar-refractivity contribution in [2.24, 2.45) is 11.7 Å². The van der Waals surface area contributed by atoms with Crippen LogP contribution in [0, 0.1) is 5.92 Å². The van der Waals surface area contributed by atoms with Gasteiger partial charge in [-0.15, -0.1) is 0 Å². The Balaban J connectivity index is 1.85. The first kappa shape index (κ1) is 11.3. The maximum atomic E-state index is 5.48. The Morgan fingerprint density at radius 1 is 1.38 bits per heavy atom. The Morgan fingerprint density at radius 3 is 2.94 bits per heavy atom. The van der Waals surface area contributed by atoms with Crippen LogP contribution in [0.15, 0.2) is 12.3 Å². The first-order chi connectivity index (χ1) is 7.88. The average Bonchev–Trinajstić information content (AvgIpc) is 2.80. The molecule has 4 heteroatoms. The molecule has 1 saturated carbocycles. The molecule has 2 rings (SSSR count). The lowest BCUT2D eigenvalue weighted by molar-refractivity contribution is 0.578. The van der Waals surface area contributed by atoms with Crippen molar-refractivity contribution in [3.8, 4) is 0 Å². The van der Waals surface area contributed by atoms with Crippen LogP contribution in [0.3, 0.4) is 0 Å². The summed E-state index contributed by atoms with van der Waals surface area (Å²) in [5.41, 5.74) is 5.48. The summed E-state index contributed by atoms with van der Waals surface area (Å²) in [6.07, 6.45) is 8.03. The van der Waals surface area contributed by atoms with E-state index in [1.54, 1.807) is 6.20 Å². The van der Waals surface area contributed by atoms with Crippen molar-refractivity contribution in [1.29, 1.82) is 0 Å². The topological polar surface area (TPSA) is 63.8 Å². The molecule has 0 unspecified atom stereocenters. The van der Waals surface area contributed by atoms with E-state index in [0.717, 1.165) is 30.5 Å². The van der Waals surface area contributed by atoms with Crippen LogP contribution in [0.5, 0.6) is 0 Å². The van der Waals surface area contributed by atoms with E-state index in [1.165, 1.54) is 25.7 Å². The zero-order valence-electron chi connectivity index (χ0n) is 9.65. The van der Waals surface area contributed by atoms with E-state index >= 15 is 0 Å². The summed E-state index contributed by atoms with van der Waals surface area (Å²) in [6.45, 7) is 1.64. The fourth-order valence-corrected chi connectivity index (χ4v) is 2.21. The van der Waals surface area contributed by atoms with Crippen molar-refractivity contribution in [2.45, 2.75) is 32.1 Å². The average molecular weight is 220 g/mol. The number of anilines is 1. The molecule has 1 fully saturated rings. The zero-order valence-corrected chi connectivity index (χ0v) is 9.65. The quantitative estimate of drug-likeness (QED) is 0.790. The third kappa shape index (κ3) is 3.17. The molecule has 3 N–H and O–H groups in total. The summed E-state index contributed by atoms with van der Waals surface area (Å²) in [5.74, 6) is 2.59. The molecule has 0 bridgehead atoms. The second kappa shape index (κ2) is 5.80. The van der Waals surface area contributed by atoms with Gasteiger partial charge in [0.15, 0.2) is 0 Å². The highest BCUT2D eigenvalue weighted by molar-refractivity contribution is 5.32. The molecule has 1 aromatic rings. The van der Waals surface area contributed by atoms with Gasteiger partial charge in [-0.25, -0.2) is 9.97 Å². The van der Waals surface area contributed by atoms with Crippen LogP contribution in [0.4, 0.5) is 5.82 Å². The largest absolute Gasteiger partial charge is 0.370 e. The zero-order chi connectivity index (χ0) is 11.2. The molecule has 1 aliphatic rings. The SMILES string of the molecule is NCCc1nccc(NCC2CCCC2)n1. The summed E-state index contributed by atoms with van der Waals surface area (Å²) in [5, 5.41) is 3.39. The van der Waals surface area contributed by atoms with Gasteiger partial charge >= 0.3 is 0 Å². The standard InChI is InChI=1S/C12H20N4/c13-7-5-11-14-8-6-12(16-11)15-9-10-3-1-2-4-10/h6,8,10H,1-5,7,9,13H2,(H,14,15,16). The molecular weight excluding hydrogens is 200 g/mol. The first-order valence-electron chi connectivity index (χ1n) is 6.14. The van der Waals surface area contributed by atoms with E-state index in [-0.39, 0.29) is 0 Å². The van der Waals surface area contributed by atoms with Gasteiger partial charge < -0.3 is 11.1 Å². The summed E-state index contributed by atoms with van der Waals surface area (Å²) >= 11 is 0. The van der Waals surface area contributed by atoms with Crippen molar-refractivity contribution in [3.05, 3.63) is 18.1 Å². The monoisotopic (exact) mass is 220 g/mol. The predicted molar refractivity (Wildman–Crippen MR) is 65.2 cm³/mol. The number of hydrogen-bond donors (Lipinski definition) is 2. The minimum absolute atomic E-state index is 0.603. The molecule has 0 aliphatic heterocycles. The lowest BCUT2D eigenvalue weighted by atomic mass is 10.1. The van der Waals surface area contributed by atoms with E-state index in [1.807, 2.05) is 6.07 Å². The van der Waals surface area contributed by atoms with Gasteiger partial charge in [0.1, 0.15) is 11.6 Å². The van der Waals surface area contributed by atoms with Crippen LogP contribution in [0.1, 0.15) is 31.5 Å². The van der Waals surface area contributed by atoms with Gasteiger partial charge in [-0.2, -0.15) is 0 Å². The van der Waals surface area contributed by atoms with Crippen LogP contribution in [-0.2, 0) is 6.42 Å². The number of aromatic nitrogens is 2. The highest BCUT2D eigenvalue weighted by Gasteiger charge is 2.14. The second-order valence-corrected chi connectivity index (χ2v) is 4.43. The van der Waals surface area contributed by atoms with Gasteiger partial charge in [0.25, 0.3) is 0 Å². The Hall–Kier alpha value is -1.16. The molecule has 0 amide bonds. The van der Waals surface area contributed by atoms with Crippen molar-refractivity contribution in [3.63, 3.8) is 0 Å². The molecule has 0 atom stereocenters. The third-order valence-electron chi connectivity index (χ3n) is 3.12. The maximum absolute atomic E-state index is 5.48. The van der Waals surface area contributed by atoms with Gasteiger partial charge in [-0.1, -0.05) is 12.8 Å². The van der Waals surface area contributed by atoms with Crippen LogP contribution in [-0.4, -0.2) is 23.1 Å². The second-order valence-electron chi connectivity index (χ2n) is 4.43. The van der Waals surface area contributed by atoms with Crippen molar-refractivity contribution in [1.82, 2.24) is 9.97 Å². The predicted octanol–water partition coefficient (Wildman–Crippen LogP) is 1.58. The Bertz CT molecular complexity index is 321. The first-order valence-corrected chi connectivity index (χ1v) is 6.14. The summed E-state index contributed by atoms with van der Waals surface area (Å²) in [7, 11) is 0. The number of hydrogen-bond acceptors (Lipinski definition) is 4. The van der Waals surface area contributed by atoms with Crippen LogP contribution in [0.25, 0.3) is 0 Å². The van der Waals surface area contributed by atoms with E-state index in [0.29, 0.717) is 6.54 Å². The van der Waals surface area contributed by atoms with Gasteiger partial charge in [-0.05, 0) is 31.4 Å². The molecule has 1 aliphatic carbocycles. The molecule has 0 spiro atoms. The van der Waals surface area contributed by atoms with E-state index < -0.39 is 0 Å². The van der Waals surface area contributed by atoms with E-state index in [2.05, 4.69) is 15.3 Å². The van der Waals surface area contributed by atoms with Gasteiger partial charge in [-0.3, -0.25) is 0 Å². The maximum Gasteiger partial charge on any atom is 0.131 e. The molecule has 0 radical (unpaired) electrons. The molecule has 0 aromatic carbocycles. The number of nitrogens with two attached hydrogens (primary N) is 1. The van der Waals surface area contributed by atoms with E-state index in [4.69, 9.17) is 5.73 Å². The number of rotatable bonds is 5. The van der Waals surface area contributed by atoms with E-state index in [9.17, 15) is 0 Å². The Morgan fingerprint density at radius 2 is 2.19 bits per heavy atom. The molecule has 4 nitrogen and oxygen atoms in total. The highest BCUT2D eigenvalue weighted by atomic mass is 15.0. The smallest absolute Gasteiger partial charge is 0.131 e. The fraction of sp³-hybridized carbons (Fsp3) is 0.667. The summed E-state index contributed by atoms with van der Waals surface area (Å²) < 4.78 is 0. The molecule has 0 saturated heterocycles. The number of nitrogens with zero attached hydrogens (tertiary/aromatic N) is 2. The van der Waals surface area contributed by atoms with Crippen LogP contribution in [0.2, 0.25) is 0 Å². The number of nitrogens with one attached hydrogen (secondary N) is 1. The summed E-state index contributed by atoms with van der Waals surface area (Å²) in [4.78, 5) is 8.60.